The van der Waals surface area contributed by atoms with E-state index in [1.165, 1.54) is 7.11 Å². The summed E-state index contributed by atoms with van der Waals surface area (Å²) in [4.78, 5) is 15.3. The van der Waals surface area contributed by atoms with Crippen molar-refractivity contribution < 1.29 is 19.4 Å². The van der Waals surface area contributed by atoms with Crippen molar-refractivity contribution in [1.82, 2.24) is 4.90 Å². The Balaban J connectivity index is 1.69. The van der Waals surface area contributed by atoms with Gasteiger partial charge in [-0.05, 0) is 63.1 Å². The number of likely N-dealkylation sites (tertiary alicyclic amines) is 1. The van der Waals surface area contributed by atoms with E-state index < -0.39 is 0 Å². The molecule has 0 amide bonds. The van der Waals surface area contributed by atoms with Crippen molar-refractivity contribution in [2.75, 3.05) is 20.2 Å². The molecule has 1 saturated heterocycles. The SMILES string of the molecule is COc1cc(CN2CCC[C@@H](C(=O)c3cccc(OC(C)C)c3)C2)cc(Cl)c1O. The lowest BCUT2D eigenvalue weighted by atomic mass is 9.89. The minimum Gasteiger partial charge on any atom is -0.503 e. The number of hydrogen-bond acceptors (Lipinski definition) is 5. The number of halogens is 1. The molecule has 1 aliphatic heterocycles. The molecule has 0 spiro atoms. The van der Waals surface area contributed by atoms with E-state index in [0.29, 0.717) is 24.4 Å². The molecule has 5 nitrogen and oxygen atoms in total. The van der Waals surface area contributed by atoms with E-state index >= 15 is 0 Å². The van der Waals surface area contributed by atoms with Gasteiger partial charge >= 0.3 is 0 Å². The highest BCUT2D eigenvalue weighted by Crippen LogP contribution is 2.35. The Kier molecular flexibility index (Phi) is 7.04. The van der Waals surface area contributed by atoms with Crippen LogP contribution in [0.4, 0.5) is 0 Å². The average Bonchev–Trinajstić information content (AvgIpc) is 2.70. The number of ketones is 1. The van der Waals surface area contributed by atoms with Crippen molar-refractivity contribution in [2.45, 2.75) is 39.3 Å². The summed E-state index contributed by atoms with van der Waals surface area (Å²) in [5.74, 6) is 1.15. The number of aromatic hydroxyl groups is 1. The third kappa shape index (κ3) is 5.43. The lowest BCUT2D eigenvalue weighted by Gasteiger charge is -2.32. The van der Waals surface area contributed by atoms with Gasteiger partial charge in [-0.1, -0.05) is 23.7 Å². The van der Waals surface area contributed by atoms with Gasteiger partial charge in [0.25, 0.3) is 0 Å². The molecule has 1 N–H and O–H groups in total. The summed E-state index contributed by atoms with van der Waals surface area (Å²) in [7, 11) is 1.50. The van der Waals surface area contributed by atoms with Crippen molar-refractivity contribution in [3.05, 3.63) is 52.5 Å². The fourth-order valence-electron chi connectivity index (χ4n) is 3.78. The van der Waals surface area contributed by atoms with Crippen LogP contribution in [-0.4, -0.2) is 42.1 Å². The van der Waals surface area contributed by atoms with E-state index in [2.05, 4.69) is 4.90 Å². The molecule has 3 rings (SSSR count). The molecule has 0 unspecified atom stereocenters. The quantitative estimate of drug-likeness (QED) is 0.647. The monoisotopic (exact) mass is 417 g/mol. The number of methoxy groups -OCH3 is 1. The highest BCUT2D eigenvalue weighted by molar-refractivity contribution is 6.32. The zero-order valence-corrected chi connectivity index (χ0v) is 17.9. The topological polar surface area (TPSA) is 59.0 Å². The molecule has 1 fully saturated rings. The highest BCUT2D eigenvalue weighted by Gasteiger charge is 2.27. The molecule has 0 saturated carbocycles. The molecule has 1 heterocycles. The Hall–Kier alpha value is -2.24. The van der Waals surface area contributed by atoms with Gasteiger partial charge in [-0.25, -0.2) is 0 Å². The minimum absolute atomic E-state index is 0.0480. The van der Waals surface area contributed by atoms with E-state index in [-0.39, 0.29) is 28.6 Å². The predicted molar refractivity (Wildman–Crippen MR) is 114 cm³/mol. The van der Waals surface area contributed by atoms with Crippen molar-refractivity contribution >= 4 is 17.4 Å². The van der Waals surface area contributed by atoms with E-state index in [1.54, 1.807) is 12.1 Å². The third-order valence-electron chi connectivity index (χ3n) is 5.08. The molecule has 0 aromatic heterocycles. The predicted octanol–water partition coefficient (Wildman–Crippen LogP) is 4.94. The smallest absolute Gasteiger partial charge is 0.176 e. The van der Waals surface area contributed by atoms with Crippen LogP contribution in [0, 0.1) is 5.92 Å². The lowest BCUT2D eigenvalue weighted by molar-refractivity contribution is 0.0811. The number of rotatable bonds is 7. The first-order chi connectivity index (χ1) is 13.9. The summed E-state index contributed by atoms with van der Waals surface area (Å²) in [6, 6.07) is 11.0. The molecule has 0 radical (unpaired) electrons. The van der Waals surface area contributed by atoms with Crippen LogP contribution in [0.15, 0.2) is 36.4 Å². The maximum absolute atomic E-state index is 13.1. The van der Waals surface area contributed by atoms with Crippen LogP contribution in [-0.2, 0) is 6.54 Å². The minimum atomic E-state index is -0.0486. The number of benzene rings is 2. The van der Waals surface area contributed by atoms with Crippen molar-refractivity contribution in [3.63, 3.8) is 0 Å². The van der Waals surface area contributed by atoms with Crippen molar-refractivity contribution in [1.29, 1.82) is 0 Å². The number of phenols is 1. The van der Waals surface area contributed by atoms with Crippen molar-refractivity contribution in [2.24, 2.45) is 5.92 Å². The maximum atomic E-state index is 13.1. The van der Waals surface area contributed by atoms with Gasteiger partial charge in [-0.3, -0.25) is 9.69 Å². The fourth-order valence-corrected chi connectivity index (χ4v) is 4.01. The number of hydrogen-bond donors (Lipinski definition) is 1. The largest absolute Gasteiger partial charge is 0.503 e. The molecule has 29 heavy (non-hydrogen) atoms. The van der Waals surface area contributed by atoms with Crippen LogP contribution in [0.2, 0.25) is 5.02 Å². The van der Waals surface area contributed by atoms with Gasteiger partial charge in [0.15, 0.2) is 17.3 Å². The van der Waals surface area contributed by atoms with Crippen LogP contribution < -0.4 is 9.47 Å². The second-order valence-corrected chi connectivity index (χ2v) is 8.17. The molecule has 2 aromatic rings. The molecule has 156 valence electrons. The third-order valence-corrected chi connectivity index (χ3v) is 5.37. The van der Waals surface area contributed by atoms with Gasteiger partial charge in [0, 0.05) is 24.6 Å². The Bertz CT molecular complexity index is 868. The molecule has 0 bridgehead atoms. The second-order valence-electron chi connectivity index (χ2n) is 7.76. The average molecular weight is 418 g/mol. The van der Waals surface area contributed by atoms with E-state index in [1.807, 2.05) is 38.1 Å². The van der Waals surface area contributed by atoms with Crippen LogP contribution in [0.25, 0.3) is 0 Å². The Morgan fingerprint density at radius 2 is 2.10 bits per heavy atom. The molecule has 0 aliphatic carbocycles. The van der Waals surface area contributed by atoms with Crippen LogP contribution in [0.5, 0.6) is 17.2 Å². The number of nitrogens with zero attached hydrogens (tertiary/aromatic N) is 1. The molecular formula is C23H28ClNO4. The summed E-state index contributed by atoms with van der Waals surface area (Å²) in [5.41, 5.74) is 1.65. The molecule has 2 aromatic carbocycles. The van der Waals surface area contributed by atoms with E-state index in [4.69, 9.17) is 21.1 Å². The number of piperidine rings is 1. The molecular weight excluding hydrogens is 390 g/mol. The molecule has 1 aliphatic rings. The highest BCUT2D eigenvalue weighted by atomic mass is 35.5. The van der Waals surface area contributed by atoms with Gasteiger partial charge in [0.05, 0.1) is 18.2 Å². The van der Waals surface area contributed by atoms with Gasteiger partial charge in [-0.2, -0.15) is 0 Å². The number of phenolic OH excluding ortho intramolecular Hbond substituents is 1. The van der Waals surface area contributed by atoms with Crippen LogP contribution >= 0.6 is 11.6 Å². The number of carbonyl (C=O) groups is 1. The summed E-state index contributed by atoms with van der Waals surface area (Å²) in [6.45, 7) is 6.20. The van der Waals surface area contributed by atoms with E-state index in [9.17, 15) is 9.90 Å². The normalized spacial score (nSPS) is 17.3. The summed E-state index contributed by atoms with van der Waals surface area (Å²) >= 11 is 6.11. The summed E-state index contributed by atoms with van der Waals surface area (Å²) < 4.78 is 10.9. The number of ether oxygens (including phenoxy) is 2. The van der Waals surface area contributed by atoms with Gasteiger partial charge in [0.2, 0.25) is 0 Å². The van der Waals surface area contributed by atoms with Gasteiger partial charge in [0.1, 0.15) is 5.75 Å². The lowest BCUT2D eigenvalue weighted by Crippen LogP contribution is -2.38. The first kappa shape index (κ1) is 21.5. The first-order valence-corrected chi connectivity index (χ1v) is 10.3. The van der Waals surface area contributed by atoms with E-state index in [0.717, 1.165) is 30.7 Å². The zero-order chi connectivity index (χ0) is 21.0. The Morgan fingerprint density at radius 1 is 1.31 bits per heavy atom. The van der Waals surface area contributed by atoms with Crippen molar-refractivity contribution in [3.8, 4) is 17.2 Å². The molecule has 1 atom stereocenters. The van der Waals surface area contributed by atoms with Crippen LogP contribution in [0.3, 0.4) is 0 Å². The fraction of sp³-hybridized carbons (Fsp3) is 0.435. The number of carbonyl (C=O) groups excluding carboxylic acids is 1. The summed E-state index contributed by atoms with van der Waals surface area (Å²) in [5, 5.41) is 10.2. The number of Topliss-reactive ketones (excluding diaryl/α,β-unsaturated/α-hetero) is 1. The Labute approximate surface area is 177 Å². The van der Waals surface area contributed by atoms with Gasteiger partial charge in [-0.15, -0.1) is 0 Å². The van der Waals surface area contributed by atoms with Gasteiger partial charge < -0.3 is 14.6 Å². The standard InChI is InChI=1S/C23H28ClNO4/c1-15(2)29-19-8-4-6-17(12-19)22(26)18-7-5-9-25(14-18)13-16-10-20(24)23(27)21(11-16)28-3/h4,6,8,10-12,15,18,27H,5,7,9,13-14H2,1-3H3/t18-/m1/s1. The Morgan fingerprint density at radius 3 is 2.83 bits per heavy atom. The van der Waals surface area contributed by atoms with Crippen LogP contribution in [0.1, 0.15) is 42.6 Å². The zero-order valence-electron chi connectivity index (χ0n) is 17.2. The first-order valence-electron chi connectivity index (χ1n) is 9.96. The summed E-state index contributed by atoms with van der Waals surface area (Å²) in [6.07, 6.45) is 1.91. The second kappa shape index (κ2) is 9.51. The maximum Gasteiger partial charge on any atom is 0.176 e. The molecule has 6 heteroatoms.